The van der Waals surface area contributed by atoms with Crippen LogP contribution in [0.1, 0.15) is 28.0 Å². The second-order valence-electron chi connectivity index (χ2n) is 5.86. The first-order chi connectivity index (χ1) is 10.5. The first-order valence-corrected chi connectivity index (χ1v) is 10.3. The van der Waals surface area contributed by atoms with Crippen LogP contribution in [0.4, 0.5) is 0 Å². The minimum absolute atomic E-state index is 0.0518. The van der Waals surface area contributed by atoms with Gasteiger partial charge in [-0.05, 0) is 12.8 Å². The molecule has 2 aliphatic rings. The zero-order valence-electron chi connectivity index (χ0n) is 12.7. The Labute approximate surface area is 135 Å². The zero-order chi connectivity index (χ0) is 15.7. The fourth-order valence-electron chi connectivity index (χ4n) is 3.08. The lowest BCUT2D eigenvalue weighted by atomic mass is 10.2. The molecule has 6 nitrogen and oxygen atoms in total. The van der Waals surface area contributed by atoms with Gasteiger partial charge < -0.3 is 4.90 Å². The molecular formula is C14H21N3O3S2. The molecule has 2 saturated heterocycles. The van der Waals surface area contributed by atoms with Gasteiger partial charge >= 0.3 is 0 Å². The van der Waals surface area contributed by atoms with E-state index in [1.165, 1.54) is 11.3 Å². The van der Waals surface area contributed by atoms with E-state index < -0.39 is 9.84 Å². The van der Waals surface area contributed by atoms with Gasteiger partial charge in [0, 0.05) is 32.2 Å². The van der Waals surface area contributed by atoms with Crippen LogP contribution in [0.5, 0.6) is 0 Å². The number of hydrogen-bond donors (Lipinski definition) is 0. The lowest BCUT2D eigenvalue weighted by molar-refractivity contribution is 0.0592. The highest BCUT2D eigenvalue weighted by Crippen LogP contribution is 2.21. The van der Waals surface area contributed by atoms with Crippen LogP contribution in [0.15, 0.2) is 6.20 Å². The molecule has 1 aromatic rings. The van der Waals surface area contributed by atoms with Gasteiger partial charge in [-0.2, -0.15) is 0 Å². The third kappa shape index (κ3) is 3.33. The number of aryl methyl sites for hydroxylation is 1. The number of nitrogens with zero attached hydrogens (tertiary/aromatic N) is 3. The predicted molar refractivity (Wildman–Crippen MR) is 86.0 cm³/mol. The van der Waals surface area contributed by atoms with E-state index in [1.807, 2.05) is 11.8 Å². The topological polar surface area (TPSA) is 70.6 Å². The largest absolute Gasteiger partial charge is 0.335 e. The van der Waals surface area contributed by atoms with Gasteiger partial charge in [-0.25, -0.2) is 13.4 Å². The Hall–Kier alpha value is -0.990. The van der Waals surface area contributed by atoms with Gasteiger partial charge in [0.2, 0.25) is 0 Å². The molecule has 1 atom stereocenters. The highest BCUT2D eigenvalue weighted by Gasteiger charge is 2.34. The fourth-order valence-corrected chi connectivity index (χ4v) is 5.67. The van der Waals surface area contributed by atoms with Crippen LogP contribution in [-0.4, -0.2) is 72.8 Å². The quantitative estimate of drug-likeness (QED) is 0.806. The van der Waals surface area contributed by atoms with Crippen molar-refractivity contribution in [3.05, 3.63) is 16.1 Å². The number of sulfone groups is 1. The molecule has 2 fully saturated rings. The van der Waals surface area contributed by atoms with Gasteiger partial charge in [0.05, 0.1) is 22.7 Å². The van der Waals surface area contributed by atoms with E-state index in [0.29, 0.717) is 23.7 Å². The minimum Gasteiger partial charge on any atom is -0.335 e. The van der Waals surface area contributed by atoms with Crippen molar-refractivity contribution in [3.63, 3.8) is 0 Å². The molecule has 0 aliphatic carbocycles. The Morgan fingerprint density at radius 2 is 2.09 bits per heavy atom. The number of piperazine rings is 1. The number of hydrogen-bond acceptors (Lipinski definition) is 6. The van der Waals surface area contributed by atoms with E-state index in [9.17, 15) is 13.2 Å². The van der Waals surface area contributed by atoms with Crippen LogP contribution in [0.3, 0.4) is 0 Å². The second-order valence-corrected chi connectivity index (χ2v) is 9.20. The highest BCUT2D eigenvalue weighted by molar-refractivity contribution is 7.91. The molecule has 0 radical (unpaired) electrons. The summed E-state index contributed by atoms with van der Waals surface area (Å²) in [6, 6.07) is 0.136. The number of carbonyl (C=O) groups excluding carboxylic acids is 1. The zero-order valence-corrected chi connectivity index (χ0v) is 14.3. The van der Waals surface area contributed by atoms with Crippen molar-refractivity contribution < 1.29 is 13.2 Å². The standard InChI is InChI=1S/C14H21N3O3S2/c1-2-13-15-9-12(21-13)14(18)17-6-4-16(5-7-17)11-3-8-22(19,20)10-11/h9,11H,2-8,10H2,1H3. The normalized spacial score (nSPS) is 25.5. The van der Waals surface area contributed by atoms with Crippen LogP contribution in [-0.2, 0) is 16.3 Å². The molecule has 3 rings (SSSR count). The van der Waals surface area contributed by atoms with Crippen LogP contribution in [0, 0.1) is 0 Å². The Bertz CT molecular complexity index is 648. The molecule has 1 unspecified atom stereocenters. The third-order valence-corrected chi connectivity index (χ3v) is 7.27. The molecule has 0 saturated carbocycles. The summed E-state index contributed by atoms with van der Waals surface area (Å²) in [6.07, 6.45) is 3.24. The van der Waals surface area contributed by atoms with Crippen molar-refractivity contribution >= 4 is 27.1 Å². The van der Waals surface area contributed by atoms with Crippen molar-refractivity contribution in [2.24, 2.45) is 0 Å². The number of amides is 1. The average Bonchev–Trinajstić information content (AvgIpc) is 3.13. The van der Waals surface area contributed by atoms with Gasteiger partial charge in [-0.3, -0.25) is 9.69 Å². The molecule has 22 heavy (non-hydrogen) atoms. The Morgan fingerprint density at radius 3 is 2.64 bits per heavy atom. The second kappa shape index (κ2) is 6.25. The lowest BCUT2D eigenvalue weighted by Crippen LogP contribution is -2.52. The molecular weight excluding hydrogens is 322 g/mol. The summed E-state index contributed by atoms with van der Waals surface area (Å²) in [7, 11) is -2.85. The third-order valence-electron chi connectivity index (χ3n) is 4.39. The SMILES string of the molecule is CCc1ncc(C(=O)N2CCN(C3CCS(=O)(=O)C3)CC2)s1. The number of carbonyl (C=O) groups is 1. The van der Waals surface area contributed by atoms with E-state index >= 15 is 0 Å². The summed E-state index contributed by atoms with van der Waals surface area (Å²) in [5, 5.41) is 0.984. The van der Waals surface area contributed by atoms with Gasteiger partial charge in [0.15, 0.2) is 9.84 Å². The lowest BCUT2D eigenvalue weighted by Gasteiger charge is -2.37. The van der Waals surface area contributed by atoms with Crippen LogP contribution in [0.25, 0.3) is 0 Å². The molecule has 0 N–H and O–H groups in total. The first-order valence-electron chi connectivity index (χ1n) is 7.67. The first kappa shape index (κ1) is 15.9. The minimum atomic E-state index is -2.85. The van der Waals surface area contributed by atoms with Crippen molar-refractivity contribution in [1.82, 2.24) is 14.8 Å². The maximum Gasteiger partial charge on any atom is 0.265 e. The van der Waals surface area contributed by atoms with Crippen molar-refractivity contribution in [3.8, 4) is 0 Å². The summed E-state index contributed by atoms with van der Waals surface area (Å²) in [5.74, 6) is 0.628. The smallest absolute Gasteiger partial charge is 0.265 e. The Balaban J connectivity index is 1.56. The molecule has 2 aliphatic heterocycles. The Kier molecular flexibility index (Phi) is 4.52. The number of rotatable bonds is 3. The summed E-state index contributed by atoms with van der Waals surface area (Å²) in [5.41, 5.74) is 0. The van der Waals surface area contributed by atoms with E-state index in [0.717, 1.165) is 30.9 Å². The summed E-state index contributed by atoms with van der Waals surface area (Å²) in [4.78, 5) is 21.5. The predicted octanol–water partition coefficient (Wildman–Crippen LogP) is 0.650. The molecule has 1 amide bonds. The molecule has 0 spiro atoms. The molecule has 3 heterocycles. The highest BCUT2D eigenvalue weighted by atomic mass is 32.2. The van der Waals surface area contributed by atoms with Crippen molar-refractivity contribution in [2.45, 2.75) is 25.8 Å². The number of aromatic nitrogens is 1. The maximum atomic E-state index is 12.4. The average molecular weight is 343 g/mol. The van der Waals surface area contributed by atoms with Gasteiger partial charge in [-0.15, -0.1) is 11.3 Å². The molecule has 122 valence electrons. The van der Waals surface area contributed by atoms with Crippen LogP contribution < -0.4 is 0 Å². The molecule has 1 aromatic heterocycles. The van der Waals surface area contributed by atoms with E-state index in [1.54, 1.807) is 6.20 Å². The van der Waals surface area contributed by atoms with E-state index in [4.69, 9.17) is 0 Å². The molecule has 0 bridgehead atoms. The van der Waals surface area contributed by atoms with E-state index in [-0.39, 0.29) is 17.7 Å². The van der Waals surface area contributed by atoms with Crippen molar-refractivity contribution in [1.29, 1.82) is 0 Å². The Morgan fingerprint density at radius 1 is 1.36 bits per heavy atom. The number of thiazole rings is 1. The van der Waals surface area contributed by atoms with Gasteiger partial charge in [0.1, 0.15) is 4.88 Å². The summed E-state index contributed by atoms with van der Waals surface area (Å²) in [6.45, 7) is 4.86. The van der Waals surface area contributed by atoms with Crippen molar-refractivity contribution in [2.75, 3.05) is 37.7 Å². The fraction of sp³-hybridized carbons (Fsp3) is 0.714. The van der Waals surface area contributed by atoms with Gasteiger partial charge in [-0.1, -0.05) is 6.92 Å². The van der Waals surface area contributed by atoms with Gasteiger partial charge in [0.25, 0.3) is 5.91 Å². The van der Waals surface area contributed by atoms with Crippen LogP contribution >= 0.6 is 11.3 Å². The van der Waals surface area contributed by atoms with Crippen LogP contribution in [0.2, 0.25) is 0 Å². The van der Waals surface area contributed by atoms with E-state index in [2.05, 4.69) is 9.88 Å². The molecule has 0 aromatic carbocycles. The molecule has 8 heteroatoms. The summed E-state index contributed by atoms with van der Waals surface area (Å²) < 4.78 is 23.2. The summed E-state index contributed by atoms with van der Waals surface area (Å²) >= 11 is 1.47. The monoisotopic (exact) mass is 343 g/mol. The maximum absolute atomic E-state index is 12.4.